The third-order valence-corrected chi connectivity index (χ3v) is 3.68. The Morgan fingerprint density at radius 3 is 3.00 bits per heavy atom. The summed E-state index contributed by atoms with van der Waals surface area (Å²) >= 11 is 0. The lowest BCUT2D eigenvalue weighted by Gasteiger charge is -2.13. The Labute approximate surface area is 128 Å². The van der Waals surface area contributed by atoms with Gasteiger partial charge in [0.1, 0.15) is 18.5 Å². The van der Waals surface area contributed by atoms with Crippen LogP contribution in [0.1, 0.15) is 12.8 Å². The van der Waals surface area contributed by atoms with Crippen LogP contribution in [0.15, 0.2) is 18.2 Å². The van der Waals surface area contributed by atoms with Crippen molar-refractivity contribution in [3.63, 3.8) is 0 Å². The van der Waals surface area contributed by atoms with E-state index in [0.717, 1.165) is 12.8 Å². The van der Waals surface area contributed by atoms with Crippen LogP contribution in [0.3, 0.4) is 0 Å². The van der Waals surface area contributed by atoms with E-state index < -0.39 is 0 Å². The van der Waals surface area contributed by atoms with Crippen molar-refractivity contribution < 1.29 is 23.7 Å². The molecule has 0 unspecified atom stereocenters. The van der Waals surface area contributed by atoms with Crippen LogP contribution in [0.4, 0.5) is 0 Å². The summed E-state index contributed by atoms with van der Waals surface area (Å²) in [5.74, 6) is 1.96. The lowest BCUT2D eigenvalue weighted by Crippen LogP contribution is -2.37. The first kappa shape index (κ1) is 14.9. The molecule has 2 aliphatic rings. The Kier molecular flexibility index (Phi) is 4.65. The van der Waals surface area contributed by atoms with Gasteiger partial charge in [0.05, 0.1) is 12.6 Å². The van der Waals surface area contributed by atoms with Crippen LogP contribution >= 0.6 is 0 Å². The fourth-order valence-corrected chi connectivity index (χ4v) is 2.50. The molecule has 0 spiro atoms. The third-order valence-electron chi connectivity index (χ3n) is 3.68. The molecule has 0 aliphatic carbocycles. The van der Waals surface area contributed by atoms with Crippen molar-refractivity contribution in [1.29, 1.82) is 0 Å². The van der Waals surface area contributed by atoms with E-state index in [0.29, 0.717) is 36.9 Å². The minimum Gasteiger partial charge on any atom is -0.492 e. The second-order valence-electron chi connectivity index (χ2n) is 5.21. The van der Waals surface area contributed by atoms with E-state index in [1.165, 1.54) is 0 Å². The molecule has 7 heteroatoms. The largest absolute Gasteiger partial charge is 0.492 e. The Morgan fingerprint density at radius 2 is 2.18 bits per heavy atom. The molecule has 2 aliphatic heterocycles. The molecule has 120 valence electrons. The molecule has 3 N–H and O–H groups in total. The van der Waals surface area contributed by atoms with E-state index in [1.807, 2.05) is 0 Å². The van der Waals surface area contributed by atoms with Gasteiger partial charge in [-0.3, -0.25) is 4.79 Å². The van der Waals surface area contributed by atoms with Gasteiger partial charge in [0.25, 0.3) is 0 Å². The molecule has 7 nitrogen and oxygen atoms in total. The summed E-state index contributed by atoms with van der Waals surface area (Å²) in [5, 5.41) is 2.81. The predicted molar refractivity (Wildman–Crippen MR) is 78.0 cm³/mol. The van der Waals surface area contributed by atoms with Gasteiger partial charge in [0.2, 0.25) is 12.7 Å². The molecule has 0 bridgehead atoms. The number of rotatable bonds is 6. The van der Waals surface area contributed by atoms with E-state index in [4.69, 9.17) is 24.7 Å². The molecule has 2 atom stereocenters. The molecule has 0 aromatic heterocycles. The molecular formula is C15H20N2O5. The molecule has 0 saturated carbocycles. The van der Waals surface area contributed by atoms with E-state index in [1.54, 1.807) is 18.2 Å². The van der Waals surface area contributed by atoms with Gasteiger partial charge in [0, 0.05) is 12.6 Å². The quantitative estimate of drug-likeness (QED) is 0.740. The van der Waals surface area contributed by atoms with Crippen LogP contribution < -0.4 is 25.3 Å². The summed E-state index contributed by atoms with van der Waals surface area (Å²) in [5.41, 5.74) is 5.53. The highest BCUT2D eigenvalue weighted by Gasteiger charge is 2.29. The van der Waals surface area contributed by atoms with Gasteiger partial charge in [-0.25, -0.2) is 0 Å². The van der Waals surface area contributed by atoms with Crippen LogP contribution in [-0.2, 0) is 9.53 Å². The molecule has 2 heterocycles. The number of nitrogens with one attached hydrogen (secondary N) is 1. The Hall–Kier alpha value is -1.99. The molecule has 0 radical (unpaired) electrons. The third kappa shape index (κ3) is 3.42. The topological polar surface area (TPSA) is 92.0 Å². The zero-order valence-electron chi connectivity index (χ0n) is 12.2. The van der Waals surface area contributed by atoms with Crippen LogP contribution in [-0.4, -0.2) is 44.6 Å². The van der Waals surface area contributed by atoms with Gasteiger partial charge in [-0.2, -0.15) is 0 Å². The van der Waals surface area contributed by atoms with E-state index in [2.05, 4.69) is 5.32 Å². The van der Waals surface area contributed by atoms with Crippen LogP contribution in [0.5, 0.6) is 17.2 Å². The van der Waals surface area contributed by atoms with Crippen LogP contribution in [0.25, 0.3) is 0 Å². The van der Waals surface area contributed by atoms with Gasteiger partial charge < -0.3 is 30.0 Å². The smallest absolute Gasteiger partial charge is 0.249 e. The minimum atomic E-state index is -0.390. The van der Waals surface area contributed by atoms with Gasteiger partial charge in [-0.15, -0.1) is 0 Å². The number of hydrogen-bond acceptors (Lipinski definition) is 6. The predicted octanol–water partition coefficient (Wildman–Crippen LogP) is 0.417. The highest BCUT2D eigenvalue weighted by Crippen LogP contribution is 2.34. The highest BCUT2D eigenvalue weighted by molar-refractivity contribution is 5.81. The molecule has 22 heavy (non-hydrogen) atoms. The zero-order chi connectivity index (χ0) is 15.4. The second-order valence-corrected chi connectivity index (χ2v) is 5.21. The maximum absolute atomic E-state index is 11.9. The lowest BCUT2D eigenvalue weighted by atomic mass is 10.2. The normalized spacial score (nSPS) is 22.6. The van der Waals surface area contributed by atoms with Crippen LogP contribution in [0.2, 0.25) is 0 Å². The Morgan fingerprint density at radius 1 is 1.32 bits per heavy atom. The fourth-order valence-electron chi connectivity index (χ4n) is 2.50. The standard InChI is InChI=1S/C15H20N2O5/c16-8-11-2-4-13(22-11)15(18)17-5-6-19-10-1-3-12-14(7-10)21-9-20-12/h1,3,7,11,13H,2,4-6,8-9,16H2,(H,17,18)/t11-,13+/m1/s1. The average Bonchev–Trinajstić information content (AvgIpc) is 3.19. The number of nitrogens with two attached hydrogens (primary N) is 1. The summed E-state index contributed by atoms with van der Waals surface area (Å²) < 4.78 is 21.6. The van der Waals surface area contributed by atoms with Gasteiger partial charge >= 0.3 is 0 Å². The fraction of sp³-hybridized carbons (Fsp3) is 0.533. The first-order valence-electron chi connectivity index (χ1n) is 7.42. The molecule has 1 saturated heterocycles. The summed E-state index contributed by atoms with van der Waals surface area (Å²) in [7, 11) is 0. The Bertz CT molecular complexity index is 537. The van der Waals surface area contributed by atoms with Crippen molar-refractivity contribution in [3.05, 3.63) is 18.2 Å². The lowest BCUT2D eigenvalue weighted by molar-refractivity contribution is -0.131. The SMILES string of the molecule is NC[C@H]1CC[C@@H](C(=O)NCCOc2ccc3c(c2)OCO3)O1. The van der Waals surface area contributed by atoms with Crippen molar-refractivity contribution in [2.45, 2.75) is 25.0 Å². The molecule has 1 aromatic rings. The van der Waals surface area contributed by atoms with Crippen molar-refractivity contribution in [3.8, 4) is 17.2 Å². The van der Waals surface area contributed by atoms with Crippen LogP contribution in [0, 0.1) is 0 Å². The summed E-state index contributed by atoms with van der Waals surface area (Å²) in [6.45, 7) is 1.48. The van der Waals surface area contributed by atoms with E-state index >= 15 is 0 Å². The number of carbonyl (C=O) groups is 1. The van der Waals surface area contributed by atoms with Gasteiger partial charge in [0.15, 0.2) is 11.5 Å². The summed E-state index contributed by atoms with van der Waals surface area (Å²) in [6.07, 6.45) is 1.17. The second kappa shape index (κ2) is 6.85. The molecular weight excluding hydrogens is 288 g/mol. The highest BCUT2D eigenvalue weighted by atomic mass is 16.7. The van der Waals surface area contributed by atoms with E-state index in [9.17, 15) is 4.79 Å². The first-order valence-corrected chi connectivity index (χ1v) is 7.42. The average molecular weight is 308 g/mol. The number of fused-ring (bicyclic) bond motifs is 1. The van der Waals surface area contributed by atoms with Crippen molar-refractivity contribution in [2.24, 2.45) is 5.73 Å². The molecule has 1 amide bonds. The molecule has 3 rings (SSSR count). The number of benzene rings is 1. The molecule has 1 aromatic carbocycles. The first-order chi connectivity index (χ1) is 10.8. The van der Waals surface area contributed by atoms with Crippen molar-refractivity contribution in [1.82, 2.24) is 5.32 Å². The summed E-state index contributed by atoms with van der Waals surface area (Å²) in [6, 6.07) is 5.38. The monoisotopic (exact) mass is 308 g/mol. The van der Waals surface area contributed by atoms with Gasteiger partial charge in [-0.1, -0.05) is 0 Å². The number of ether oxygens (including phenoxy) is 4. The molecule has 1 fully saturated rings. The number of amides is 1. The van der Waals surface area contributed by atoms with Crippen molar-refractivity contribution in [2.75, 3.05) is 26.5 Å². The number of carbonyl (C=O) groups excluding carboxylic acids is 1. The van der Waals surface area contributed by atoms with Crippen molar-refractivity contribution >= 4 is 5.91 Å². The number of hydrogen-bond donors (Lipinski definition) is 2. The maximum atomic E-state index is 11.9. The Balaban J connectivity index is 1.38. The minimum absolute atomic E-state index is 0.000586. The maximum Gasteiger partial charge on any atom is 0.249 e. The summed E-state index contributed by atoms with van der Waals surface area (Å²) in [4.78, 5) is 11.9. The van der Waals surface area contributed by atoms with E-state index in [-0.39, 0.29) is 24.9 Å². The zero-order valence-corrected chi connectivity index (χ0v) is 12.2. The van der Waals surface area contributed by atoms with Gasteiger partial charge in [-0.05, 0) is 25.0 Å².